The van der Waals surface area contributed by atoms with Crippen molar-refractivity contribution >= 4 is 11.9 Å². The molecule has 3 aromatic carbocycles. The molecule has 6 heteroatoms. The molecule has 0 radical (unpaired) electrons. The summed E-state index contributed by atoms with van der Waals surface area (Å²) in [6.07, 6.45) is 24.6. The molecule has 0 aromatic heterocycles. The Bertz CT molecular complexity index is 1520. The monoisotopic (exact) mass is 726 g/mol. The van der Waals surface area contributed by atoms with Crippen LogP contribution in [0.4, 0.5) is 4.39 Å². The molecule has 0 fully saturated rings. The normalized spacial score (nSPS) is 11.4. The third kappa shape index (κ3) is 18.5. The van der Waals surface area contributed by atoms with Crippen LogP contribution in [0.1, 0.15) is 181 Å². The van der Waals surface area contributed by atoms with Gasteiger partial charge in [0, 0.05) is 11.1 Å². The van der Waals surface area contributed by atoms with Crippen LogP contribution >= 0.6 is 0 Å². The molecule has 3 aromatic rings. The number of esters is 2. The van der Waals surface area contributed by atoms with Gasteiger partial charge in [-0.05, 0) is 92.9 Å². The third-order valence-electron chi connectivity index (χ3n) is 9.48. The summed E-state index contributed by atoms with van der Waals surface area (Å²) in [7, 11) is 0. The zero-order valence-corrected chi connectivity index (χ0v) is 32.7. The van der Waals surface area contributed by atoms with E-state index in [0.717, 1.165) is 42.9 Å². The summed E-state index contributed by atoms with van der Waals surface area (Å²) in [5, 5.41) is 0. The minimum absolute atomic E-state index is 0.111. The summed E-state index contributed by atoms with van der Waals surface area (Å²) >= 11 is 0. The van der Waals surface area contributed by atoms with Crippen LogP contribution < -0.4 is 9.47 Å². The molecule has 0 aliphatic carbocycles. The first-order valence-corrected chi connectivity index (χ1v) is 20.5. The minimum Gasteiger partial charge on any atom is -0.491 e. The van der Waals surface area contributed by atoms with Crippen LogP contribution in [0.5, 0.6) is 11.5 Å². The highest BCUT2D eigenvalue weighted by Gasteiger charge is 2.14. The molecule has 53 heavy (non-hydrogen) atoms. The van der Waals surface area contributed by atoms with Crippen molar-refractivity contribution in [1.29, 1.82) is 0 Å². The van der Waals surface area contributed by atoms with Gasteiger partial charge in [-0.25, -0.2) is 14.0 Å². The first-order valence-electron chi connectivity index (χ1n) is 20.5. The fourth-order valence-electron chi connectivity index (χ4n) is 6.17. The van der Waals surface area contributed by atoms with E-state index in [9.17, 15) is 14.0 Å². The van der Waals surface area contributed by atoms with Gasteiger partial charge in [-0.1, -0.05) is 135 Å². The highest BCUT2D eigenvalue weighted by Crippen LogP contribution is 2.21. The SMILES string of the molecule is CCCCCCCCCCCCCCCCOc1ccc(C(=O)Oc2ccc(C#Cc3ccc(C(=O)OC(C)CCCCCCC)cc3)cc2)cc1F. The van der Waals surface area contributed by atoms with Crippen LogP contribution in [0.25, 0.3) is 0 Å². The van der Waals surface area contributed by atoms with Gasteiger partial charge in [-0.2, -0.15) is 0 Å². The first kappa shape index (κ1) is 43.3. The molecule has 0 saturated carbocycles. The second-order valence-electron chi connectivity index (χ2n) is 14.2. The van der Waals surface area contributed by atoms with E-state index in [4.69, 9.17) is 14.2 Å². The molecule has 0 amide bonds. The van der Waals surface area contributed by atoms with Gasteiger partial charge >= 0.3 is 11.9 Å². The van der Waals surface area contributed by atoms with Gasteiger partial charge in [0.05, 0.1) is 23.8 Å². The van der Waals surface area contributed by atoms with E-state index >= 15 is 0 Å². The molecule has 288 valence electrons. The minimum atomic E-state index is -0.652. The number of benzene rings is 3. The summed E-state index contributed by atoms with van der Waals surface area (Å²) in [5.74, 6) is 5.09. The maximum atomic E-state index is 14.7. The van der Waals surface area contributed by atoms with E-state index in [0.29, 0.717) is 17.9 Å². The van der Waals surface area contributed by atoms with Crippen molar-refractivity contribution in [3.05, 3.63) is 94.8 Å². The zero-order chi connectivity index (χ0) is 37.9. The smallest absolute Gasteiger partial charge is 0.343 e. The summed E-state index contributed by atoms with van der Waals surface area (Å²) in [6.45, 7) is 6.85. The highest BCUT2D eigenvalue weighted by atomic mass is 19.1. The molecule has 1 atom stereocenters. The van der Waals surface area contributed by atoms with Crippen molar-refractivity contribution in [2.24, 2.45) is 0 Å². The van der Waals surface area contributed by atoms with Crippen molar-refractivity contribution in [3.63, 3.8) is 0 Å². The molecule has 1 unspecified atom stereocenters. The summed E-state index contributed by atoms with van der Waals surface area (Å²) in [4.78, 5) is 25.2. The standard InChI is InChI=1S/C47H63FO5/c1-4-6-8-10-11-12-13-14-15-16-17-18-20-22-36-51-45-35-32-42(37-44(45)48)47(50)53-43-33-28-40(29-34-43)25-24-39-26-30-41(31-27-39)46(49)52-38(3)23-21-19-9-7-5-2/h26-35,37-38H,4-23,36H2,1-3H3. The van der Waals surface area contributed by atoms with E-state index in [1.54, 1.807) is 48.5 Å². The molecular formula is C47H63FO5. The van der Waals surface area contributed by atoms with Crippen molar-refractivity contribution in [1.82, 2.24) is 0 Å². The number of carbonyl (C=O) groups excluding carboxylic acids is 2. The first-order chi connectivity index (χ1) is 25.9. The van der Waals surface area contributed by atoms with Crippen molar-refractivity contribution in [2.75, 3.05) is 6.61 Å². The van der Waals surface area contributed by atoms with E-state index in [1.807, 2.05) is 6.92 Å². The second kappa shape index (κ2) is 26.6. The molecule has 0 spiro atoms. The molecular weight excluding hydrogens is 664 g/mol. The molecule has 3 rings (SSSR count). The lowest BCUT2D eigenvalue weighted by atomic mass is 10.0. The van der Waals surface area contributed by atoms with Gasteiger partial charge in [-0.15, -0.1) is 0 Å². The number of halogens is 1. The number of hydrogen-bond donors (Lipinski definition) is 0. The van der Waals surface area contributed by atoms with Crippen LogP contribution in [-0.4, -0.2) is 24.6 Å². The lowest BCUT2D eigenvalue weighted by Gasteiger charge is -2.13. The Labute approximate surface area is 319 Å². The molecule has 0 bridgehead atoms. The lowest BCUT2D eigenvalue weighted by Crippen LogP contribution is -2.15. The van der Waals surface area contributed by atoms with Gasteiger partial charge in [0.15, 0.2) is 11.6 Å². The Hall–Kier alpha value is -4.11. The number of unbranched alkanes of at least 4 members (excludes halogenated alkanes) is 17. The van der Waals surface area contributed by atoms with Crippen molar-refractivity contribution < 1.29 is 28.2 Å². The Morgan fingerprint density at radius 3 is 1.58 bits per heavy atom. The molecule has 0 saturated heterocycles. The van der Waals surface area contributed by atoms with E-state index in [-0.39, 0.29) is 23.4 Å². The van der Waals surface area contributed by atoms with Crippen LogP contribution in [0.2, 0.25) is 0 Å². The Morgan fingerprint density at radius 1 is 0.585 bits per heavy atom. The van der Waals surface area contributed by atoms with E-state index < -0.39 is 11.8 Å². The van der Waals surface area contributed by atoms with Gasteiger partial charge in [0.1, 0.15) is 5.75 Å². The number of carbonyl (C=O) groups is 2. The zero-order valence-electron chi connectivity index (χ0n) is 32.7. The van der Waals surface area contributed by atoms with E-state index in [2.05, 4.69) is 25.7 Å². The average molecular weight is 727 g/mol. The fourth-order valence-corrected chi connectivity index (χ4v) is 6.17. The molecule has 0 heterocycles. The van der Waals surface area contributed by atoms with Gasteiger partial charge in [-0.3, -0.25) is 0 Å². The predicted octanol–water partition coefficient (Wildman–Crippen LogP) is 13.2. The maximum Gasteiger partial charge on any atom is 0.343 e. The van der Waals surface area contributed by atoms with Crippen LogP contribution in [-0.2, 0) is 4.74 Å². The van der Waals surface area contributed by atoms with Gasteiger partial charge < -0.3 is 14.2 Å². The summed E-state index contributed by atoms with van der Waals surface area (Å²) < 4.78 is 31.4. The van der Waals surface area contributed by atoms with Gasteiger partial charge in [0.25, 0.3) is 0 Å². The number of ether oxygens (including phenoxy) is 3. The van der Waals surface area contributed by atoms with Crippen molar-refractivity contribution in [2.45, 2.75) is 155 Å². The van der Waals surface area contributed by atoms with Gasteiger partial charge in [0.2, 0.25) is 0 Å². The maximum absolute atomic E-state index is 14.7. The summed E-state index contributed by atoms with van der Waals surface area (Å²) in [6, 6.07) is 18.0. The lowest BCUT2D eigenvalue weighted by molar-refractivity contribution is 0.0319. The van der Waals surface area contributed by atoms with Crippen molar-refractivity contribution in [3.8, 4) is 23.3 Å². The largest absolute Gasteiger partial charge is 0.491 e. The molecule has 0 N–H and O–H groups in total. The molecule has 5 nitrogen and oxygen atoms in total. The predicted molar refractivity (Wildman–Crippen MR) is 214 cm³/mol. The fraction of sp³-hybridized carbons (Fsp3) is 0.532. The third-order valence-corrected chi connectivity index (χ3v) is 9.48. The number of rotatable bonds is 26. The summed E-state index contributed by atoms with van der Waals surface area (Å²) in [5.41, 5.74) is 2.10. The Kier molecular flexibility index (Phi) is 21.7. The Balaban J connectivity index is 1.32. The highest BCUT2D eigenvalue weighted by molar-refractivity contribution is 5.91. The van der Waals surface area contributed by atoms with Crippen LogP contribution in [0.3, 0.4) is 0 Å². The van der Waals surface area contributed by atoms with E-state index in [1.165, 1.54) is 115 Å². The Morgan fingerprint density at radius 2 is 1.06 bits per heavy atom. The van der Waals surface area contributed by atoms with Crippen LogP contribution in [0, 0.1) is 17.7 Å². The topological polar surface area (TPSA) is 61.8 Å². The second-order valence-corrected chi connectivity index (χ2v) is 14.2. The molecule has 0 aliphatic rings. The average Bonchev–Trinajstić information content (AvgIpc) is 3.16. The number of hydrogen-bond acceptors (Lipinski definition) is 5. The molecule has 0 aliphatic heterocycles. The quantitative estimate of drug-likeness (QED) is 0.0357. The van der Waals surface area contributed by atoms with Crippen LogP contribution in [0.15, 0.2) is 66.7 Å².